The Labute approximate surface area is 109 Å². The van der Waals surface area contributed by atoms with Gasteiger partial charge in [-0.1, -0.05) is 28.1 Å². The van der Waals surface area contributed by atoms with Crippen LogP contribution in [0.2, 0.25) is 0 Å². The van der Waals surface area contributed by atoms with Crippen LogP contribution in [0.1, 0.15) is 0 Å². The highest BCUT2D eigenvalue weighted by Crippen LogP contribution is 2.32. The fraction of sp³-hybridized carbons (Fsp3) is 0. The minimum atomic E-state index is 0.351. The number of hydrogen-bond acceptors (Lipinski definition) is 4. The monoisotopic (exact) mass is 307 g/mol. The summed E-state index contributed by atoms with van der Waals surface area (Å²) in [4.78, 5) is 16.1. The molecule has 3 aromatic rings. The molecule has 0 unspecified atom stereocenters. The molecule has 0 amide bonds. The van der Waals surface area contributed by atoms with Crippen molar-refractivity contribution in [1.82, 2.24) is 9.38 Å². The molecule has 0 spiro atoms. The Kier molecular flexibility index (Phi) is 2.53. The Morgan fingerprint density at radius 3 is 2.76 bits per heavy atom. The summed E-state index contributed by atoms with van der Waals surface area (Å²) in [6.45, 7) is 0. The third-order valence-electron chi connectivity index (χ3n) is 2.44. The molecule has 2 heterocycles. The van der Waals surface area contributed by atoms with E-state index in [1.54, 1.807) is 10.6 Å². The van der Waals surface area contributed by atoms with E-state index in [4.69, 9.17) is 0 Å². The van der Waals surface area contributed by atoms with Gasteiger partial charge in [0.05, 0.1) is 0 Å². The number of fused-ring (bicyclic) bond motifs is 1. The molecule has 17 heavy (non-hydrogen) atoms. The molecule has 6 heteroatoms. The van der Waals surface area contributed by atoms with Crippen LogP contribution in [0.3, 0.4) is 0 Å². The van der Waals surface area contributed by atoms with Gasteiger partial charge in [-0.3, -0.25) is 4.40 Å². The minimum absolute atomic E-state index is 0.351. The van der Waals surface area contributed by atoms with Gasteiger partial charge in [0.25, 0.3) is 0 Å². The predicted molar refractivity (Wildman–Crippen MR) is 71.7 cm³/mol. The van der Waals surface area contributed by atoms with E-state index in [0.29, 0.717) is 11.5 Å². The van der Waals surface area contributed by atoms with Crippen LogP contribution in [0, 0.1) is 4.91 Å². The summed E-state index contributed by atoms with van der Waals surface area (Å²) < 4.78 is 2.69. The fourth-order valence-electron chi connectivity index (χ4n) is 1.66. The quantitative estimate of drug-likeness (QED) is 0.665. The van der Waals surface area contributed by atoms with Gasteiger partial charge in [0.1, 0.15) is 5.69 Å². The molecule has 0 aliphatic carbocycles. The normalized spacial score (nSPS) is 10.9. The van der Waals surface area contributed by atoms with Crippen molar-refractivity contribution in [2.75, 3.05) is 0 Å². The van der Waals surface area contributed by atoms with E-state index in [1.807, 2.05) is 29.6 Å². The molecule has 0 atom stereocenters. The van der Waals surface area contributed by atoms with Gasteiger partial charge in [-0.25, -0.2) is 4.98 Å². The molecular weight excluding hydrogens is 302 g/mol. The number of nitrogens with zero attached hydrogens (tertiary/aromatic N) is 3. The average Bonchev–Trinajstić information content (AvgIpc) is 2.89. The van der Waals surface area contributed by atoms with E-state index in [0.717, 1.165) is 15.0 Å². The minimum Gasteiger partial charge on any atom is -0.272 e. The largest absolute Gasteiger partial charge is 0.272 e. The summed E-state index contributed by atoms with van der Waals surface area (Å²) in [5.74, 6) is 0.351. The maximum atomic E-state index is 10.9. The van der Waals surface area contributed by atoms with Crippen LogP contribution >= 0.6 is 27.3 Å². The summed E-state index contributed by atoms with van der Waals surface area (Å²) in [5, 5.41) is 4.95. The van der Waals surface area contributed by atoms with Gasteiger partial charge in [-0.05, 0) is 17.3 Å². The summed E-state index contributed by atoms with van der Waals surface area (Å²) in [6.07, 6.45) is 1.80. The van der Waals surface area contributed by atoms with E-state index in [1.165, 1.54) is 11.3 Å². The van der Waals surface area contributed by atoms with E-state index in [2.05, 4.69) is 26.1 Å². The van der Waals surface area contributed by atoms with Gasteiger partial charge < -0.3 is 0 Å². The zero-order valence-corrected chi connectivity index (χ0v) is 10.9. The van der Waals surface area contributed by atoms with Crippen molar-refractivity contribution in [1.29, 1.82) is 0 Å². The van der Waals surface area contributed by atoms with E-state index in [-0.39, 0.29) is 0 Å². The van der Waals surface area contributed by atoms with Crippen LogP contribution in [-0.4, -0.2) is 9.38 Å². The van der Waals surface area contributed by atoms with Crippen LogP contribution in [0.4, 0.5) is 5.82 Å². The molecular formula is C11H6BrN3OS. The number of rotatable bonds is 2. The lowest BCUT2D eigenvalue weighted by molar-refractivity contribution is 1.20. The van der Waals surface area contributed by atoms with E-state index in [9.17, 15) is 4.91 Å². The molecule has 4 nitrogen and oxygen atoms in total. The molecule has 0 bridgehead atoms. The summed E-state index contributed by atoms with van der Waals surface area (Å²) in [7, 11) is 0. The maximum Gasteiger partial charge on any atom is 0.210 e. The number of hydrogen-bond donors (Lipinski definition) is 0. The highest BCUT2D eigenvalue weighted by atomic mass is 79.9. The lowest BCUT2D eigenvalue weighted by atomic mass is 10.1. The van der Waals surface area contributed by atoms with Crippen molar-refractivity contribution in [2.45, 2.75) is 0 Å². The first-order valence-electron chi connectivity index (χ1n) is 4.84. The lowest BCUT2D eigenvalue weighted by Gasteiger charge is -1.97. The van der Waals surface area contributed by atoms with Crippen LogP contribution in [0.25, 0.3) is 16.2 Å². The molecule has 3 rings (SSSR count). The molecule has 0 aliphatic heterocycles. The highest BCUT2D eigenvalue weighted by molar-refractivity contribution is 9.10. The van der Waals surface area contributed by atoms with Gasteiger partial charge in [0.15, 0.2) is 4.96 Å². The second-order valence-electron chi connectivity index (χ2n) is 3.44. The molecule has 0 aliphatic rings. The molecule has 0 radical (unpaired) electrons. The number of benzene rings is 1. The first-order valence-corrected chi connectivity index (χ1v) is 6.51. The van der Waals surface area contributed by atoms with E-state index >= 15 is 0 Å². The second kappa shape index (κ2) is 4.05. The van der Waals surface area contributed by atoms with Crippen molar-refractivity contribution in [2.24, 2.45) is 5.18 Å². The SMILES string of the molecule is O=Nc1c(-c2ccc(Br)cc2)nc2sccn12. The molecule has 0 saturated heterocycles. The van der Waals surface area contributed by atoms with Crippen molar-refractivity contribution in [3.8, 4) is 11.3 Å². The third kappa shape index (κ3) is 1.69. The smallest absolute Gasteiger partial charge is 0.210 e. The molecule has 0 fully saturated rings. The van der Waals surface area contributed by atoms with E-state index < -0.39 is 0 Å². The second-order valence-corrected chi connectivity index (χ2v) is 5.23. The third-order valence-corrected chi connectivity index (χ3v) is 3.73. The Morgan fingerprint density at radius 1 is 1.29 bits per heavy atom. The summed E-state index contributed by atoms with van der Waals surface area (Å²) >= 11 is 4.85. The Balaban J connectivity index is 2.25. The van der Waals surface area contributed by atoms with Crippen LogP contribution in [0.15, 0.2) is 45.5 Å². The van der Waals surface area contributed by atoms with Gasteiger partial charge in [-0.15, -0.1) is 16.2 Å². The lowest BCUT2D eigenvalue weighted by Crippen LogP contribution is -1.78. The Hall–Kier alpha value is -1.53. The summed E-state index contributed by atoms with van der Waals surface area (Å²) in [5.41, 5.74) is 1.51. The number of nitroso groups, excluding NO2 is 1. The standard InChI is InChI=1S/C11H6BrN3OS/c12-8-3-1-7(2-4-8)9-10(14-16)15-5-6-17-11(15)13-9/h1-6H. The number of aromatic nitrogens is 2. The van der Waals surface area contributed by atoms with Crippen LogP contribution in [-0.2, 0) is 0 Å². The van der Waals surface area contributed by atoms with Crippen molar-refractivity contribution < 1.29 is 0 Å². The van der Waals surface area contributed by atoms with Crippen LogP contribution in [0.5, 0.6) is 0 Å². The zero-order chi connectivity index (χ0) is 11.8. The van der Waals surface area contributed by atoms with Gasteiger partial charge >= 0.3 is 0 Å². The predicted octanol–water partition coefficient (Wildman–Crippen LogP) is 4.22. The zero-order valence-electron chi connectivity index (χ0n) is 8.50. The Morgan fingerprint density at radius 2 is 2.06 bits per heavy atom. The molecule has 1 aromatic carbocycles. The molecule has 0 N–H and O–H groups in total. The first-order chi connectivity index (χ1) is 8.29. The molecule has 84 valence electrons. The van der Waals surface area contributed by atoms with Crippen LogP contribution < -0.4 is 0 Å². The number of halogens is 1. The Bertz CT molecular complexity index is 686. The summed E-state index contributed by atoms with van der Waals surface area (Å²) in [6, 6.07) is 7.64. The molecule has 0 saturated carbocycles. The van der Waals surface area contributed by atoms with Gasteiger partial charge in [-0.2, -0.15) is 0 Å². The first kappa shape index (κ1) is 10.6. The fourth-order valence-corrected chi connectivity index (χ4v) is 2.64. The number of imidazole rings is 1. The average molecular weight is 308 g/mol. The van der Waals surface area contributed by atoms with Gasteiger partial charge in [0, 0.05) is 21.6 Å². The van der Waals surface area contributed by atoms with Crippen molar-refractivity contribution in [3.63, 3.8) is 0 Å². The van der Waals surface area contributed by atoms with Gasteiger partial charge in [0.2, 0.25) is 5.82 Å². The van der Waals surface area contributed by atoms with Crippen molar-refractivity contribution >= 4 is 38.0 Å². The van der Waals surface area contributed by atoms with Crippen molar-refractivity contribution in [3.05, 3.63) is 45.2 Å². The maximum absolute atomic E-state index is 10.9. The highest BCUT2D eigenvalue weighted by Gasteiger charge is 2.15. The topological polar surface area (TPSA) is 46.7 Å². The number of thiazole rings is 1. The molecule has 2 aromatic heterocycles.